The van der Waals surface area contributed by atoms with Crippen molar-refractivity contribution in [3.8, 4) is 0 Å². The minimum absolute atomic E-state index is 0.0421. The molecule has 0 N–H and O–H groups in total. The number of carbonyl (C=O) groups excluding carboxylic acids is 3. The molecule has 1 aromatic heterocycles. The molecule has 0 radical (unpaired) electrons. The van der Waals surface area contributed by atoms with Crippen molar-refractivity contribution in [2.75, 3.05) is 13.2 Å². The van der Waals surface area contributed by atoms with Gasteiger partial charge in [-0.25, -0.2) is 4.79 Å². The summed E-state index contributed by atoms with van der Waals surface area (Å²) >= 11 is 0. The highest BCUT2D eigenvalue weighted by atomic mass is 16.5. The Labute approximate surface area is 141 Å². The summed E-state index contributed by atoms with van der Waals surface area (Å²) in [5.74, 6) is -0.955. The molecule has 1 aliphatic rings. The van der Waals surface area contributed by atoms with E-state index in [2.05, 4.69) is 5.10 Å². The van der Waals surface area contributed by atoms with E-state index in [-0.39, 0.29) is 30.1 Å². The Kier molecular flexibility index (Phi) is 6.52. The van der Waals surface area contributed by atoms with Gasteiger partial charge in [-0.05, 0) is 39.5 Å². The van der Waals surface area contributed by atoms with Gasteiger partial charge in [-0.15, -0.1) is 0 Å². The molecule has 0 unspecified atom stereocenters. The van der Waals surface area contributed by atoms with Gasteiger partial charge in [0.05, 0.1) is 31.0 Å². The highest BCUT2D eigenvalue weighted by molar-refractivity contribution is 5.96. The second-order valence-electron chi connectivity index (χ2n) is 5.88. The van der Waals surface area contributed by atoms with Gasteiger partial charge in [-0.2, -0.15) is 5.10 Å². The highest BCUT2D eigenvalue weighted by Crippen LogP contribution is 2.33. The summed E-state index contributed by atoms with van der Waals surface area (Å²) in [4.78, 5) is 35.2. The van der Waals surface area contributed by atoms with Crippen molar-refractivity contribution in [2.24, 2.45) is 5.92 Å². The van der Waals surface area contributed by atoms with E-state index in [4.69, 9.17) is 9.47 Å². The molecule has 7 nitrogen and oxygen atoms in total. The van der Waals surface area contributed by atoms with Crippen LogP contribution in [0, 0.1) is 5.92 Å². The molecule has 1 saturated carbocycles. The van der Waals surface area contributed by atoms with Crippen LogP contribution in [-0.4, -0.2) is 40.7 Å². The zero-order valence-electron chi connectivity index (χ0n) is 14.2. The van der Waals surface area contributed by atoms with Crippen molar-refractivity contribution in [3.63, 3.8) is 0 Å². The number of hydrogen-bond acceptors (Lipinski definition) is 6. The Morgan fingerprint density at radius 3 is 2.42 bits per heavy atom. The maximum atomic E-state index is 12.1. The predicted molar refractivity (Wildman–Crippen MR) is 85.4 cm³/mol. The van der Waals surface area contributed by atoms with Gasteiger partial charge in [-0.3, -0.25) is 14.3 Å². The van der Waals surface area contributed by atoms with E-state index in [0.717, 1.165) is 25.7 Å². The third kappa shape index (κ3) is 4.66. The topological polar surface area (TPSA) is 87.5 Å². The summed E-state index contributed by atoms with van der Waals surface area (Å²) < 4.78 is 11.6. The summed E-state index contributed by atoms with van der Waals surface area (Å²) in [7, 11) is 0. The van der Waals surface area contributed by atoms with E-state index in [1.165, 1.54) is 6.20 Å². The first kappa shape index (κ1) is 18.2. The van der Waals surface area contributed by atoms with Crippen molar-refractivity contribution < 1.29 is 23.9 Å². The summed E-state index contributed by atoms with van der Waals surface area (Å²) in [6, 6.07) is 0.166. The number of hydrogen-bond donors (Lipinski definition) is 0. The Bertz CT molecular complexity index is 588. The Balaban J connectivity index is 1.85. The summed E-state index contributed by atoms with van der Waals surface area (Å²) in [5, 5.41) is 4.24. The van der Waals surface area contributed by atoms with E-state index in [1.807, 2.05) is 0 Å². The first-order valence-electron chi connectivity index (χ1n) is 8.44. The molecule has 132 valence electrons. The van der Waals surface area contributed by atoms with E-state index in [1.54, 1.807) is 24.7 Å². The zero-order valence-corrected chi connectivity index (χ0v) is 14.2. The van der Waals surface area contributed by atoms with Gasteiger partial charge < -0.3 is 9.47 Å². The molecule has 24 heavy (non-hydrogen) atoms. The van der Waals surface area contributed by atoms with Gasteiger partial charge in [0.25, 0.3) is 0 Å². The van der Waals surface area contributed by atoms with E-state index in [9.17, 15) is 14.4 Å². The summed E-state index contributed by atoms with van der Waals surface area (Å²) in [6.07, 6.45) is 6.10. The number of esters is 2. The average molecular weight is 336 g/mol. The second-order valence-corrected chi connectivity index (χ2v) is 5.88. The van der Waals surface area contributed by atoms with E-state index >= 15 is 0 Å². The smallest absolute Gasteiger partial charge is 0.341 e. The third-order valence-electron chi connectivity index (χ3n) is 4.26. The van der Waals surface area contributed by atoms with Gasteiger partial charge in [0.15, 0.2) is 0 Å². The first-order chi connectivity index (χ1) is 11.5. The van der Waals surface area contributed by atoms with Gasteiger partial charge in [0, 0.05) is 12.1 Å². The summed E-state index contributed by atoms with van der Waals surface area (Å²) in [5.41, 5.74) is 0.442. The van der Waals surface area contributed by atoms with Crippen LogP contribution in [0.4, 0.5) is 0 Å². The molecule has 0 saturated heterocycles. The first-order valence-corrected chi connectivity index (χ1v) is 8.44. The monoisotopic (exact) mass is 336 g/mol. The van der Waals surface area contributed by atoms with Crippen LogP contribution < -0.4 is 0 Å². The SMILES string of the molecule is CCOC(=O)CC(=O)C1CCC(n2cc(C(=O)OCC)cn2)CC1. The lowest BCUT2D eigenvalue weighted by Crippen LogP contribution is -2.26. The van der Waals surface area contributed by atoms with E-state index in [0.29, 0.717) is 18.8 Å². The normalized spacial score (nSPS) is 20.4. The Hall–Kier alpha value is -2.18. The second kappa shape index (κ2) is 8.61. The van der Waals surface area contributed by atoms with Crippen LogP contribution in [0.5, 0.6) is 0 Å². The molecule has 1 fully saturated rings. The molecule has 0 spiro atoms. The van der Waals surface area contributed by atoms with Crippen molar-refractivity contribution in [3.05, 3.63) is 18.0 Å². The van der Waals surface area contributed by atoms with Crippen molar-refractivity contribution >= 4 is 17.7 Å². The van der Waals surface area contributed by atoms with Gasteiger partial charge in [-0.1, -0.05) is 0 Å². The lowest BCUT2D eigenvalue weighted by atomic mass is 9.82. The molecular weight excluding hydrogens is 312 g/mol. The van der Waals surface area contributed by atoms with Crippen LogP contribution in [0.1, 0.15) is 62.4 Å². The third-order valence-corrected chi connectivity index (χ3v) is 4.26. The fourth-order valence-corrected chi connectivity index (χ4v) is 3.02. The van der Waals surface area contributed by atoms with Crippen LogP contribution in [0.15, 0.2) is 12.4 Å². The molecule has 0 aromatic carbocycles. The fraction of sp³-hybridized carbons (Fsp3) is 0.647. The van der Waals surface area contributed by atoms with Crippen molar-refractivity contribution in [1.82, 2.24) is 9.78 Å². The van der Waals surface area contributed by atoms with Gasteiger partial charge in [0.1, 0.15) is 12.2 Å². The number of nitrogens with zero attached hydrogens (tertiary/aromatic N) is 2. The number of Topliss-reactive ketones (excluding diaryl/α,β-unsaturated/α-hetero) is 1. The lowest BCUT2D eigenvalue weighted by molar-refractivity contribution is -0.146. The average Bonchev–Trinajstić information content (AvgIpc) is 3.05. The van der Waals surface area contributed by atoms with Crippen LogP contribution in [0.25, 0.3) is 0 Å². The molecule has 0 amide bonds. The number of ether oxygens (including phenoxy) is 2. The van der Waals surface area contributed by atoms with Crippen molar-refractivity contribution in [1.29, 1.82) is 0 Å². The minimum Gasteiger partial charge on any atom is -0.466 e. The molecule has 0 atom stereocenters. The number of ketones is 1. The molecule has 1 heterocycles. The van der Waals surface area contributed by atoms with Gasteiger partial charge in [0.2, 0.25) is 0 Å². The van der Waals surface area contributed by atoms with Crippen LogP contribution in [0.3, 0.4) is 0 Å². The minimum atomic E-state index is -0.448. The van der Waals surface area contributed by atoms with E-state index < -0.39 is 5.97 Å². The maximum absolute atomic E-state index is 12.1. The van der Waals surface area contributed by atoms with Crippen LogP contribution in [-0.2, 0) is 19.1 Å². The number of aromatic nitrogens is 2. The van der Waals surface area contributed by atoms with Crippen LogP contribution >= 0.6 is 0 Å². The molecule has 1 aliphatic carbocycles. The maximum Gasteiger partial charge on any atom is 0.341 e. The molecule has 0 aliphatic heterocycles. The molecule has 1 aromatic rings. The lowest BCUT2D eigenvalue weighted by Gasteiger charge is -2.27. The zero-order chi connectivity index (χ0) is 17.5. The largest absolute Gasteiger partial charge is 0.466 e. The molecule has 7 heteroatoms. The van der Waals surface area contributed by atoms with Crippen LogP contribution in [0.2, 0.25) is 0 Å². The van der Waals surface area contributed by atoms with Gasteiger partial charge >= 0.3 is 11.9 Å². The number of rotatable bonds is 7. The molecule has 2 rings (SSSR count). The molecule has 0 bridgehead atoms. The molecular formula is C17H24N2O5. The predicted octanol–water partition coefficient (Wildman–Crippen LogP) is 2.31. The standard InChI is InChI=1S/C17H24N2O5/c1-3-23-16(21)9-15(20)12-5-7-14(8-6-12)19-11-13(10-18-19)17(22)24-4-2/h10-12,14H,3-9H2,1-2H3. The number of carbonyl (C=O) groups is 3. The Morgan fingerprint density at radius 1 is 1.12 bits per heavy atom. The fourth-order valence-electron chi connectivity index (χ4n) is 3.02. The Morgan fingerprint density at radius 2 is 1.79 bits per heavy atom. The van der Waals surface area contributed by atoms with Crippen molar-refractivity contribution in [2.45, 2.75) is 52.0 Å². The quantitative estimate of drug-likeness (QED) is 0.561. The highest BCUT2D eigenvalue weighted by Gasteiger charge is 2.29. The summed E-state index contributed by atoms with van der Waals surface area (Å²) in [6.45, 7) is 4.11.